The van der Waals surface area contributed by atoms with Crippen LogP contribution >= 0.6 is 0 Å². The first-order chi connectivity index (χ1) is 26.1. The summed E-state index contributed by atoms with van der Waals surface area (Å²) in [6, 6.07) is 26.8. The molecule has 3 aromatic carbocycles. The maximum atomic E-state index is 7.04. The van der Waals surface area contributed by atoms with Gasteiger partial charge < -0.3 is 14.0 Å². The first-order valence-electron chi connectivity index (χ1n) is 19.9. The van der Waals surface area contributed by atoms with Crippen molar-refractivity contribution in [3.05, 3.63) is 184 Å². The Balaban J connectivity index is 1.13. The molecule has 0 saturated carbocycles. The van der Waals surface area contributed by atoms with Crippen molar-refractivity contribution in [2.75, 3.05) is 0 Å². The van der Waals surface area contributed by atoms with E-state index in [0.29, 0.717) is 0 Å². The fourth-order valence-electron chi connectivity index (χ4n) is 11.2. The van der Waals surface area contributed by atoms with Crippen molar-refractivity contribution in [2.24, 2.45) is 11.3 Å². The molecular weight excluding hydrogens is 647 g/mol. The van der Waals surface area contributed by atoms with Crippen LogP contribution in [0.1, 0.15) is 96.1 Å². The van der Waals surface area contributed by atoms with E-state index < -0.39 is 5.41 Å². The second-order valence-corrected chi connectivity index (χ2v) is 16.2. The third-order valence-corrected chi connectivity index (χ3v) is 13.5. The first-order valence-corrected chi connectivity index (χ1v) is 19.9. The fourth-order valence-corrected chi connectivity index (χ4v) is 11.2. The van der Waals surface area contributed by atoms with Crippen LogP contribution in [-0.4, -0.2) is 10.7 Å². The first kappa shape index (κ1) is 31.3. The number of rotatable bonds is 3. The summed E-state index contributed by atoms with van der Waals surface area (Å²) in [7, 11) is 0. The number of allylic oxidation sites excluding steroid dienone is 11. The summed E-state index contributed by atoms with van der Waals surface area (Å²) in [5.74, 6) is 3.34. The number of benzene rings is 3. The van der Waals surface area contributed by atoms with E-state index in [9.17, 15) is 0 Å². The van der Waals surface area contributed by atoms with E-state index in [0.717, 1.165) is 55.8 Å². The Kier molecular flexibility index (Phi) is 7.00. The van der Waals surface area contributed by atoms with Gasteiger partial charge >= 0.3 is 0 Å². The predicted molar refractivity (Wildman–Crippen MR) is 215 cm³/mol. The van der Waals surface area contributed by atoms with Crippen LogP contribution in [0.15, 0.2) is 139 Å². The highest BCUT2D eigenvalue weighted by Crippen LogP contribution is 2.68. The quantitative estimate of drug-likeness (QED) is 0.213. The van der Waals surface area contributed by atoms with Crippen LogP contribution in [0.4, 0.5) is 0 Å². The molecule has 3 nitrogen and oxygen atoms in total. The van der Waals surface area contributed by atoms with Crippen LogP contribution in [0.3, 0.4) is 0 Å². The third-order valence-electron chi connectivity index (χ3n) is 13.5. The Morgan fingerprint density at radius 1 is 0.811 bits per heavy atom. The highest BCUT2D eigenvalue weighted by atomic mass is 16.5. The van der Waals surface area contributed by atoms with Crippen molar-refractivity contribution in [1.29, 1.82) is 0 Å². The molecule has 5 aliphatic carbocycles. The lowest BCUT2D eigenvalue weighted by Crippen LogP contribution is -2.60. The highest BCUT2D eigenvalue weighted by molar-refractivity contribution is 5.77. The molecule has 0 N–H and O–H groups in total. The van der Waals surface area contributed by atoms with Gasteiger partial charge in [-0.3, -0.25) is 0 Å². The normalized spacial score (nSPS) is 28.5. The number of hydrogen-bond acceptors (Lipinski definition) is 2. The van der Waals surface area contributed by atoms with Gasteiger partial charge in [0.25, 0.3) is 0 Å². The molecule has 2 aliphatic heterocycles. The summed E-state index contributed by atoms with van der Waals surface area (Å²) in [4.78, 5) is 0. The largest absolute Gasteiger partial charge is 0.485 e. The monoisotopic (exact) mass is 691 g/mol. The summed E-state index contributed by atoms with van der Waals surface area (Å²) in [5, 5.41) is 0. The van der Waals surface area contributed by atoms with Gasteiger partial charge in [0.05, 0.1) is 5.41 Å². The van der Waals surface area contributed by atoms with E-state index >= 15 is 0 Å². The molecule has 53 heavy (non-hydrogen) atoms. The predicted octanol–water partition coefficient (Wildman–Crippen LogP) is 11.7. The minimum atomic E-state index is -0.432. The smallest absolute Gasteiger partial charge is 0.131 e. The second kappa shape index (κ2) is 11.9. The van der Waals surface area contributed by atoms with E-state index in [-0.39, 0.29) is 23.4 Å². The molecule has 0 radical (unpaired) electrons. The van der Waals surface area contributed by atoms with Crippen LogP contribution in [0.5, 0.6) is 11.5 Å². The zero-order valence-corrected chi connectivity index (χ0v) is 30.4. The molecule has 11 rings (SSSR count). The topological polar surface area (TPSA) is 23.4 Å². The van der Waals surface area contributed by atoms with Crippen molar-refractivity contribution in [1.82, 2.24) is 4.57 Å². The van der Waals surface area contributed by atoms with Gasteiger partial charge in [0, 0.05) is 45.5 Å². The molecule has 0 fully saturated rings. The van der Waals surface area contributed by atoms with Crippen molar-refractivity contribution in [2.45, 2.75) is 75.7 Å². The molecule has 5 unspecified atom stereocenters. The minimum absolute atomic E-state index is 0.0587. The molecular formula is C50H45NO2. The zero-order valence-electron chi connectivity index (χ0n) is 30.4. The number of hydrogen-bond donors (Lipinski definition) is 0. The molecule has 7 aliphatic rings. The molecule has 5 atom stereocenters. The SMILES string of the molecule is CC12CC=CC=C1Oc1ccc(C3CC=Cc4c3c3c(n4C4=CCCC=C4)CCCC3)cc1C21c2ccccc2OC2C=C(c3ccccc3)C=CC21. The average Bonchev–Trinajstić information content (AvgIpc) is 3.56. The number of fused-ring (bicyclic) bond motifs is 11. The Bertz CT molecular complexity index is 2390. The molecule has 4 aromatic rings. The number of ether oxygens (including phenoxy) is 2. The van der Waals surface area contributed by atoms with E-state index in [2.05, 4.69) is 151 Å². The van der Waals surface area contributed by atoms with Gasteiger partial charge in [-0.2, -0.15) is 0 Å². The van der Waals surface area contributed by atoms with Crippen LogP contribution in [0.25, 0.3) is 17.3 Å². The third kappa shape index (κ3) is 4.40. The molecule has 3 heterocycles. The van der Waals surface area contributed by atoms with Crippen molar-refractivity contribution < 1.29 is 9.47 Å². The van der Waals surface area contributed by atoms with Gasteiger partial charge in [0.1, 0.15) is 23.4 Å². The second-order valence-electron chi connectivity index (χ2n) is 16.2. The maximum absolute atomic E-state index is 7.04. The highest BCUT2D eigenvalue weighted by Gasteiger charge is 2.65. The van der Waals surface area contributed by atoms with Gasteiger partial charge in [0.15, 0.2) is 0 Å². The van der Waals surface area contributed by atoms with Crippen molar-refractivity contribution in [3.8, 4) is 11.5 Å². The van der Waals surface area contributed by atoms with E-state index in [4.69, 9.17) is 9.47 Å². The van der Waals surface area contributed by atoms with Gasteiger partial charge in [-0.15, -0.1) is 0 Å². The van der Waals surface area contributed by atoms with Crippen LogP contribution in [0.2, 0.25) is 0 Å². The Morgan fingerprint density at radius 3 is 2.60 bits per heavy atom. The molecule has 0 amide bonds. The van der Waals surface area contributed by atoms with Crippen molar-refractivity contribution >= 4 is 17.3 Å². The summed E-state index contributed by atoms with van der Waals surface area (Å²) >= 11 is 0. The van der Waals surface area contributed by atoms with Crippen LogP contribution in [-0.2, 0) is 18.3 Å². The lowest BCUT2D eigenvalue weighted by Gasteiger charge is -2.60. The summed E-state index contributed by atoms with van der Waals surface area (Å²) in [5.41, 5.74) is 13.1. The van der Waals surface area contributed by atoms with Gasteiger partial charge in [-0.1, -0.05) is 110 Å². The number of para-hydroxylation sites is 1. The minimum Gasteiger partial charge on any atom is -0.485 e. The molecule has 0 bridgehead atoms. The standard InChI is InChI=1S/C50H45NO2/c1-49-30-13-12-25-47(49)53-45-29-27-35(37-20-14-23-43-48(37)38-19-8-10-22-42(38)51(43)36-17-6-3-7-18-36)31-41(45)50(49)39-21-9-11-24-44(39)52-46-32-34(26-28-40(46)50)33-15-4-2-5-16-33/h2,4-6,9,11-18,21,23-29,31-32,37,40,46H,3,7-8,10,19-20,22,30H2,1H3. The molecule has 262 valence electrons. The van der Waals surface area contributed by atoms with E-state index in [1.165, 1.54) is 52.1 Å². The summed E-state index contributed by atoms with van der Waals surface area (Å²) in [6.07, 6.45) is 34.8. The molecule has 1 aromatic heterocycles. The summed E-state index contributed by atoms with van der Waals surface area (Å²) < 4.78 is 16.7. The van der Waals surface area contributed by atoms with Crippen molar-refractivity contribution in [3.63, 3.8) is 0 Å². The van der Waals surface area contributed by atoms with Gasteiger partial charge in [0.2, 0.25) is 0 Å². The Morgan fingerprint density at radius 2 is 1.70 bits per heavy atom. The van der Waals surface area contributed by atoms with E-state index in [1.54, 1.807) is 16.8 Å². The molecule has 0 saturated heterocycles. The molecule has 1 spiro atoms. The Hall–Kier alpha value is -5.28. The fraction of sp³-hybridized carbons (Fsp3) is 0.280. The van der Waals surface area contributed by atoms with Gasteiger partial charge in [-0.25, -0.2) is 0 Å². The maximum Gasteiger partial charge on any atom is 0.131 e. The summed E-state index contributed by atoms with van der Waals surface area (Å²) in [6.45, 7) is 2.45. The Labute approximate surface area is 313 Å². The lowest BCUT2D eigenvalue weighted by molar-refractivity contribution is 0.0269. The zero-order chi connectivity index (χ0) is 35.1. The van der Waals surface area contributed by atoms with E-state index in [1.807, 2.05) is 0 Å². The number of aromatic nitrogens is 1. The average molecular weight is 692 g/mol. The molecule has 3 heteroatoms. The van der Waals surface area contributed by atoms with Crippen LogP contribution < -0.4 is 9.47 Å². The lowest BCUT2D eigenvalue weighted by atomic mass is 9.46. The van der Waals surface area contributed by atoms with Crippen LogP contribution in [0, 0.1) is 11.3 Å². The van der Waals surface area contributed by atoms with Gasteiger partial charge in [-0.05, 0) is 116 Å². The number of nitrogens with zero attached hydrogens (tertiary/aromatic N) is 1.